The monoisotopic (exact) mass is 310 g/mol. The van der Waals surface area contributed by atoms with Gasteiger partial charge in [-0.25, -0.2) is 4.98 Å². The summed E-state index contributed by atoms with van der Waals surface area (Å²) in [7, 11) is 1.78. The molecule has 0 spiro atoms. The van der Waals surface area contributed by atoms with Crippen molar-refractivity contribution >= 4 is 33.2 Å². The van der Waals surface area contributed by atoms with E-state index in [1.165, 1.54) is 0 Å². The van der Waals surface area contributed by atoms with Gasteiger partial charge >= 0.3 is 0 Å². The number of halogens is 1. The Balaban J connectivity index is 2.13. The molecule has 0 N–H and O–H groups in total. The van der Waals surface area contributed by atoms with Crippen LogP contribution in [0.3, 0.4) is 0 Å². The lowest BCUT2D eigenvalue weighted by Gasteiger charge is -2.16. The molecule has 0 unspecified atom stereocenters. The first-order valence-electron chi connectivity index (χ1n) is 5.05. The Labute approximate surface area is 112 Å². The van der Waals surface area contributed by atoms with Crippen LogP contribution in [0.4, 0.5) is 0 Å². The average Bonchev–Trinajstić information content (AvgIpc) is 2.81. The maximum Gasteiger partial charge on any atom is 0.273 e. The third-order valence-electron chi connectivity index (χ3n) is 2.31. The summed E-state index contributed by atoms with van der Waals surface area (Å²) in [5.74, 6) is -0.0799. The van der Waals surface area contributed by atoms with Crippen LogP contribution in [0, 0.1) is 0 Å². The Morgan fingerprint density at radius 1 is 1.53 bits per heavy atom. The second-order valence-corrected chi connectivity index (χ2v) is 5.26. The van der Waals surface area contributed by atoms with Crippen molar-refractivity contribution in [3.8, 4) is 0 Å². The molecule has 17 heavy (non-hydrogen) atoms. The number of rotatable bonds is 3. The lowest BCUT2D eigenvalue weighted by Crippen LogP contribution is -2.27. The van der Waals surface area contributed by atoms with E-state index in [9.17, 15) is 4.79 Å². The predicted octanol–water partition coefficient (Wildman–Crippen LogP) is 3.18. The molecule has 2 heterocycles. The van der Waals surface area contributed by atoms with Gasteiger partial charge in [-0.05, 0) is 50.5 Å². The predicted molar refractivity (Wildman–Crippen MR) is 72.1 cm³/mol. The van der Waals surface area contributed by atoms with Gasteiger partial charge in [-0.2, -0.15) is 11.3 Å². The summed E-state index contributed by atoms with van der Waals surface area (Å²) in [6, 6.07) is 5.63. The number of nitrogens with zero attached hydrogens (tertiary/aromatic N) is 2. The van der Waals surface area contributed by atoms with Crippen molar-refractivity contribution in [3.05, 3.63) is 50.9 Å². The van der Waals surface area contributed by atoms with E-state index in [1.807, 2.05) is 22.9 Å². The average molecular weight is 311 g/mol. The van der Waals surface area contributed by atoms with Gasteiger partial charge in [-0.3, -0.25) is 4.79 Å². The van der Waals surface area contributed by atoms with E-state index >= 15 is 0 Å². The number of aromatic nitrogens is 1. The minimum Gasteiger partial charge on any atom is -0.336 e. The van der Waals surface area contributed by atoms with Crippen LogP contribution in [-0.2, 0) is 6.54 Å². The number of amides is 1. The highest BCUT2D eigenvalue weighted by atomic mass is 79.9. The molecule has 0 saturated heterocycles. The first-order chi connectivity index (χ1) is 8.18. The van der Waals surface area contributed by atoms with Gasteiger partial charge in [0.1, 0.15) is 5.69 Å². The highest BCUT2D eigenvalue weighted by Crippen LogP contribution is 2.16. The van der Waals surface area contributed by atoms with E-state index in [1.54, 1.807) is 35.5 Å². The SMILES string of the molecule is CN(Cc1ccsc1)C(=O)c1ncccc1Br. The Morgan fingerprint density at radius 2 is 2.35 bits per heavy atom. The summed E-state index contributed by atoms with van der Waals surface area (Å²) in [5, 5.41) is 4.04. The van der Waals surface area contributed by atoms with Gasteiger partial charge in [0.25, 0.3) is 5.91 Å². The van der Waals surface area contributed by atoms with Crippen molar-refractivity contribution in [2.75, 3.05) is 7.05 Å². The van der Waals surface area contributed by atoms with Crippen LogP contribution in [0.5, 0.6) is 0 Å². The Morgan fingerprint density at radius 3 is 3.00 bits per heavy atom. The van der Waals surface area contributed by atoms with Crippen LogP contribution in [0.15, 0.2) is 39.6 Å². The van der Waals surface area contributed by atoms with Crippen LogP contribution in [0.2, 0.25) is 0 Å². The summed E-state index contributed by atoms with van der Waals surface area (Å²) >= 11 is 4.96. The topological polar surface area (TPSA) is 33.2 Å². The van der Waals surface area contributed by atoms with Crippen LogP contribution in [0.25, 0.3) is 0 Å². The zero-order valence-electron chi connectivity index (χ0n) is 9.26. The standard InChI is InChI=1S/C12H11BrN2OS/c1-15(7-9-4-6-17-8-9)12(16)11-10(13)3-2-5-14-11/h2-6,8H,7H2,1H3. The molecule has 2 aromatic rings. The normalized spacial score (nSPS) is 10.2. The molecule has 3 nitrogen and oxygen atoms in total. The third kappa shape index (κ3) is 2.92. The maximum atomic E-state index is 12.1. The highest BCUT2D eigenvalue weighted by molar-refractivity contribution is 9.10. The molecule has 2 aromatic heterocycles. The van der Waals surface area contributed by atoms with Gasteiger partial charge < -0.3 is 4.90 Å². The van der Waals surface area contributed by atoms with Gasteiger partial charge in [0.15, 0.2) is 0 Å². The van der Waals surface area contributed by atoms with E-state index in [4.69, 9.17) is 0 Å². The fourth-order valence-electron chi connectivity index (χ4n) is 1.45. The fourth-order valence-corrected chi connectivity index (χ4v) is 2.54. The van der Waals surface area contributed by atoms with Gasteiger partial charge in [-0.15, -0.1) is 0 Å². The summed E-state index contributed by atoms with van der Waals surface area (Å²) in [4.78, 5) is 17.9. The van der Waals surface area contributed by atoms with Crippen LogP contribution in [0.1, 0.15) is 16.1 Å². The molecule has 0 fully saturated rings. The van der Waals surface area contributed by atoms with E-state index in [0.29, 0.717) is 12.2 Å². The van der Waals surface area contributed by atoms with E-state index in [2.05, 4.69) is 20.9 Å². The first-order valence-corrected chi connectivity index (χ1v) is 6.79. The lowest BCUT2D eigenvalue weighted by atomic mass is 10.3. The molecule has 0 aliphatic carbocycles. The van der Waals surface area contributed by atoms with Gasteiger partial charge in [0, 0.05) is 24.3 Å². The Kier molecular flexibility index (Phi) is 3.91. The fraction of sp³-hybridized carbons (Fsp3) is 0.167. The minimum atomic E-state index is -0.0799. The van der Waals surface area contributed by atoms with Crippen molar-refractivity contribution < 1.29 is 4.79 Å². The second kappa shape index (κ2) is 5.42. The lowest BCUT2D eigenvalue weighted by molar-refractivity contribution is 0.0778. The molecule has 0 aliphatic rings. The number of carbonyl (C=O) groups is 1. The first kappa shape index (κ1) is 12.3. The summed E-state index contributed by atoms with van der Waals surface area (Å²) in [5.41, 5.74) is 1.59. The smallest absolute Gasteiger partial charge is 0.273 e. The summed E-state index contributed by atoms with van der Waals surface area (Å²) < 4.78 is 0.724. The van der Waals surface area contributed by atoms with Crippen LogP contribution in [-0.4, -0.2) is 22.8 Å². The van der Waals surface area contributed by atoms with Gasteiger partial charge in [0.2, 0.25) is 0 Å². The van der Waals surface area contributed by atoms with Crippen LogP contribution >= 0.6 is 27.3 Å². The van der Waals surface area contributed by atoms with Crippen molar-refractivity contribution in [1.29, 1.82) is 0 Å². The van der Waals surface area contributed by atoms with Crippen molar-refractivity contribution in [1.82, 2.24) is 9.88 Å². The Bertz CT molecular complexity index is 513. The molecule has 2 rings (SSSR count). The summed E-state index contributed by atoms with van der Waals surface area (Å²) in [6.07, 6.45) is 1.62. The van der Waals surface area contributed by atoms with Gasteiger partial charge in [-0.1, -0.05) is 0 Å². The number of hydrogen-bond donors (Lipinski definition) is 0. The second-order valence-electron chi connectivity index (χ2n) is 3.63. The number of thiophene rings is 1. The molecule has 0 aromatic carbocycles. The van der Waals surface area contributed by atoms with E-state index in [-0.39, 0.29) is 5.91 Å². The molecule has 88 valence electrons. The molecular formula is C12H11BrN2OS. The highest BCUT2D eigenvalue weighted by Gasteiger charge is 2.16. The zero-order chi connectivity index (χ0) is 12.3. The minimum absolute atomic E-state index is 0.0799. The molecular weight excluding hydrogens is 300 g/mol. The van der Waals surface area contributed by atoms with Gasteiger partial charge in [0.05, 0.1) is 0 Å². The molecule has 0 radical (unpaired) electrons. The summed E-state index contributed by atoms with van der Waals surface area (Å²) in [6.45, 7) is 0.603. The maximum absolute atomic E-state index is 12.1. The number of hydrogen-bond acceptors (Lipinski definition) is 3. The molecule has 0 aliphatic heterocycles. The van der Waals surface area contributed by atoms with Crippen LogP contribution < -0.4 is 0 Å². The molecule has 1 amide bonds. The quantitative estimate of drug-likeness (QED) is 0.872. The largest absolute Gasteiger partial charge is 0.336 e. The van der Waals surface area contributed by atoms with Crippen molar-refractivity contribution in [2.24, 2.45) is 0 Å². The Hall–Kier alpha value is -1.20. The zero-order valence-corrected chi connectivity index (χ0v) is 11.7. The molecule has 0 atom stereocenters. The number of carbonyl (C=O) groups excluding carboxylic acids is 1. The molecule has 5 heteroatoms. The molecule has 0 bridgehead atoms. The molecule has 0 saturated carbocycles. The van der Waals surface area contributed by atoms with Crippen molar-refractivity contribution in [2.45, 2.75) is 6.54 Å². The van der Waals surface area contributed by atoms with Crippen molar-refractivity contribution in [3.63, 3.8) is 0 Å². The third-order valence-corrected chi connectivity index (χ3v) is 3.68. The van der Waals surface area contributed by atoms with E-state index < -0.39 is 0 Å². The number of pyridine rings is 1. The van der Waals surface area contributed by atoms with E-state index in [0.717, 1.165) is 10.0 Å².